The maximum atomic E-state index is 11.6. The first-order valence-electron chi connectivity index (χ1n) is 5.88. The number of carbonyl (C=O) groups is 1. The maximum absolute atomic E-state index is 11.6. The Morgan fingerprint density at radius 2 is 2.21 bits per heavy atom. The van der Waals surface area contributed by atoms with Gasteiger partial charge in [0.2, 0.25) is 0 Å². The number of Topliss-reactive ketones (excluding diaryl/α,β-unsaturated/α-hetero) is 1. The topological polar surface area (TPSA) is 117 Å². The average molecular weight is 267 g/mol. The van der Waals surface area contributed by atoms with Crippen molar-refractivity contribution in [2.24, 2.45) is 4.99 Å². The summed E-state index contributed by atoms with van der Waals surface area (Å²) in [5.74, 6) is 0.140. The molecule has 2 aliphatic heterocycles. The zero-order valence-corrected chi connectivity index (χ0v) is 9.88. The average Bonchev–Trinajstić information content (AvgIpc) is 2.94. The highest BCUT2D eigenvalue weighted by atomic mass is 16.6. The van der Waals surface area contributed by atoms with Crippen molar-refractivity contribution >= 4 is 17.8 Å². The standard InChI is InChI=1S/C11H13N3O5/c15-3-6-8(17)9(18)11(19-6)14-4-13-7-5(16)1-2-12-10(7)14/h2,4,6,8-9,11,15,17-18H,1,3H2/t6-,8-,9-,11-/m1/s1. The van der Waals surface area contributed by atoms with E-state index in [4.69, 9.17) is 9.84 Å². The molecule has 0 amide bonds. The first kappa shape index (κ1) is 12.4. The van der Waals surface area contributed by atoms with Crippen LogP contribution in [0.3, 0.4) is 0 Å². The van der Waals surface area contributed by atoms with E-state index in [1.807, 2.05) is 0 Å². The third kappa shape index (κ3) is 1.80. The van der Waals surface area contributed by atoms with Gasteiger partial charge in [-0.15, -0.1) is 0 Å². The Balaban J connectivity index is 1.97. The Labute approximate surface area is 108 Å². The van der Waals surface area contributed by atoms with E-state index in [0.29, 0.717) is 5.82 Å². The van der Waals surface area contributed by atoms with E-state index in [1.165, 1.54) is 17.1 Å². The fourth-order valence-electron chi connectivity index (χ4n) is 2.29. The van der Waals surface area contributed by atoms with Gasteiger partial charge in [-0.2, -0.15) is 0 Å². The van der Waals surface area contributed by atoms with Crippen LogP contribution < -0.4 is 0 Å². The highest BCUT2D eigenvalue weighted by molar-refractivity contribution is 6.08. The number of aromatic nitrogens is 2. The fourth-order valence-corrected chi connectivity index (χ4v) is 2.29. The first-order chi connectivity index (χ1) is 9.13. The van der Waals surface area contributed by atoms with Crippen LogP contribution in [0.4, 0.5) is 5.82 Å². The molecule has 4 atom stereocenters. The molecule has 1 aromatic heterocycles. The number of aliphatic hydroxyl groups excluding tert-OH is 3. The molecule has 8 nitrogen and oxygen atoms in total. The van der Waals surface area contributed by atoms with Gasteiger partial charge >= 0.3 is 0 Å². The molecule has 102 valence electrons. The molecule has 3 rings (SSSR count). The van der Waals surface area contributed by atoms with E-state index in [2.05, 4.69) is 9.98 Å². The van der Waals surface area contributed by atoms with Gasteiger partial charge in [0.15, 0.2) is 23.5 Å². The number of aliphatic hydroxyl groups is 3. The lowest BCUT2D eigenvalue weighted by atomic mass is 10.1. The van der Waals surface area contributed by atoms with Crippen molar-refractivity contribution in [1.82, 2.24) is 9.55 Å². The van der Waals surface area contributed by atoms with E-state index >= 15 is 0 Å². The molecule has 0 saturated carbocycles. The van der Waals surface area contributed by atoms with Gasteiger partial charge in [0.1, 0.15) is 18.3 Å². The normalized spacial score (nSPS) is 33.7. The van der Waals surface area contributed by atoms with Crippen molar-refractivity contribution in [2.75, 3.05) is 6.61 Å². The number of carbonyl (C=O) groups excluding carboxylic acids is 1. The van der Waals surface area contributed by atoms with Crippen LogP contribution >= 0.6 is 0 Å². The molecular weight excluding hydrogens is 254 g/mol. The van der Waals surface area contributed by atoms with E-state index in [-0.39, 0.29) is 17.9 Å². The van der Waals surface area contributed by atoms with Crippen LogP contribution in [0.1, 0.15) is 23.1 Å². The molecule has 0 aromatic carbocycles. The van der Waals surface area contributed by atoms with Gasteiger partial charge in [0.05, 0.1) is 12.9 Å². The number of nitrogens with zero attached hydrogens (tertiary/aromatic N) is 3. The minimum Gasteiger partial charge on any atom is -0.394 e. The Kier molecular flexibility index (Phi) is 2.94. The number of imidazole rings is 1. The minimum absolute atomic E-state index is 0.157. The molecule has 2 aliphatic rings. The van der Waals surface area contributed by atoms with Gasteiger partial charge in [-0.25, -0.2) is 9.98 Å². The molecule has 19 heavy (non-hydrogen) atoms. The van der Waals surface area contributed by atoms with Crippen molar-refractivity contribution in [1.29, 1.82) is 0 Å². The molecule has 1 saturated heterocycles. The predicted octanol–water partition coefficient (Wildman–Crippen LogP) is -1.22. The second-order valence-corrected chi connectivity index (χ2v) is 4.49. The van der Waals surface area contributed by atoms with Crippen molar-refractivity contribution in [2.45, 2.75) is 31.0 Å². The Morgan fingerprint density at radius 3 is 2.89 bits per heavy atom. The van der Waals surface area contributed by atoms with Crippen molar-refractivity contribution < 1.29 is 24.9 Å². The molecular formula is C11H13N3O5. The molecule has 0 aliphatic carbocycles. The lowest BCUT2D eigenvalue weighted by molar-refractivity contribution is -0.0519. The number of aliphatic imine (C=N–C) groups is 1. The monoisotopic (exact) mass is 267 g/mol. The highest BCUT2D eigenvalue weighted by Gasteiger charge is 2.44. The third-order valence-electron chi connectivity index (χ3n) is 3.31. The zero-order valence-electron chi connectivity index (χ0n) is 9.88. The molecule has 3 heterocycles. The van der Waals surface area contributed by atoms with Crippen LogP contribution in [0.25, 0.3) is 0 Å². The van der Waals surface area contributed by atoms with Crippen molar-refractivity contribution in [3.63, 3.8) is 0 Å². The van der Waals surface area contributed by atoms with Crippen LogP contribution in [-0.2, 0) is 4.74 Å². The lowest BCUT2D eigenvalue weighted by Gasteiger charge is -2.18. The summed E-state index contributed by atoms with van der Waals surface area (Å²) < 4.78 is 6.76. The Hall–Kier alpha value is -1.61. The van der Waals surface area contributed by atoms with Crippen LogP contribution in [0.5, 0.6) is 0 Å². The number of hydrogen-bond acceptors (Lipinski definition) is 7. The number of fused-ring (bicyclic) bond motifs is 1. The molecule has 3 N–H and O–H groups in total. The molecule has 0 radical (unpaired) electrons. The molecule has 0 unspecified atom stereocenters. The quantitative estimate of drug-likeness (QED) is 0.618. The third-order valence-corrected chi connectivity index (χ3v) is 3.31. The summed E-state index contributed by atoms with van der Waals surface area (Å²) in [6.45, 7) is -0.409. The second-order valence-electron chi connectivity index (χ2n) is 4.49. The Bertz CT molecular complexity index is 540. The summed E-state index contributed by atoms with van der Waals surface area (Å²) in [6, 6.07) is 0. The second kappa shape index (κ2) is 4.49. The lowest BCUT2D eigenvalue weighted by Crippen LogP contribution is -2.33. The number of hydrogen-bond donors (Lipinski definition) is 3. The number of rotatable bonds is 2. The smallest absolute Gasteiger partial charge is 0.190 e. The Morgan fingerprint density at radius 1 is 1.42 bits per heavy atom. The summed E-state index contributed by atoms with van der Waals surface area (Å²) in [5.41, 5.74) is 0.222. The van der Waals surface area contributed by atoms with E-state index < -0.39 is 31.1 Å². The first-order valence-corrected chi connectivity index (χ1v) is 5.88. The van der Waals surface area contributed by atoms with Gasteiger partial charge in [-0.3, -0.25) is 9.36 Å². The number of ether oxygens (including phenoxy) is 1. The summed E-state index contributed by atoms with van der Waals surface area (Å²) in [6.07, 6.45) is -1.22. The predicted molar refractivity (Wildman–Crippen MR) is 62.3 cm³/mol. The molecule has 0 bridgehead atoms. The van der Waals surface area contributed by atoms with Crippen molar-refractivity contribution in [3.05, 3.63) is 12.0 Å². The van der Waals surface area contributed by atoms with Gasteiger partial charge < -0.3 is 20.1 Å². The highest BCUT2D eigenvalue weighted by Crippen LogP contribution is 2.34. The minimum atomic E-state index is -1.22. The van der Waals surface area contributed by atoms with E-state index in [0.717, 1.165) is 0 Å². The van der Waals surface area contributed by atoms with Crippen LogP contribution in [-0.4, -0.2) is 61.8 Å². The number of ketones is 1. The SMILES string of the molecule is O=C1CC=Nc2c1ncn2[C@@H]1O[C@H](CO)[C@@H](O)[C@H]1O. The van der Waals surface area contributed by atoms with Crippen molar-refractivity contribution in [3.8, 4) is 0 Å². The molecule has 8 heteroatoms. The molecule has 0 spiro atoms. The summed E-state index contributed by atoms with van der Waals surface area (Å²) in [5, 5.41) is 28.7. The van der Waals surface area contributed by atoms with Gasteiger partial charge in [-0.1, -0.05) is 0 Å². The maximum Gasteiger partial charge on any atom is 0.190 e. The van der Waals surface area contributed by atoms with Gasteiger partial charge in [-0.05, 0) is 0 Å². The van der Waals surface area contributed by atoms with Crippen LogP contribution in [0, 0.1) is 0 Å². The van der Waals surface area contributed by atoms with Crippen LogP contribution in [0.2, 0.25) is 0 Å². The zero-order chi connectivity index (χ0) is 13.6. The van der Waals surface area contributed by atoms with Gasteiger partial charge in [0.25, 0.3) is 0 Å². The molecule has 1 aromatic rings. The van der Waals surface area contributed by atoms with E-state index in [1.54, 1.807) is 0 Å². The summed E-state index contributed by atoms with van der Waals surface area (Å²) in [7, 11) is 0. The van der Waals surface area contributed by atoms with Gasteiger partial charge in [0, 0.05) is 12.6 Å². The summed E-state index contributed by atoms with van der Waals surface area (Å²) >= 11 is 0. The summed E-state index contributed by atoms with van der Waals surface area (Å²) in [4.78, 5) is 19.7. The molecule has 1 fully saturated rings. The van der Waals surface area contributed by atoms with E-state index in [9.17, 15) is 15.0 Å². The largest absolute Gasteiger partial charge is 0.394 e. The fraction of sp³-hybridized carbons (Fsp3) is 0.545. The van der Waals surface area contributed by atoms with Crippen LogP contribution in [0.15, 0.2) is 11.3 Å².